The second kappa shape index (κ2) is 13.2. The molecule has 9 heteroatoms. The van der Waals surface area contributed by atoms with Gasteiger partial charge in [0.15, 0.2) is 11.6 Å². The van der Waals surface area contributed by atoms with Crippen molar-refractivity contribution in [3.63, 3.8) is 0 Å². The number of ether oxygens (including phenoxy) is 2. The number of nitrogens with one attached hydrogen (secondary N) is 1. The average molecular weight is 558 g/mol. The molecule has 0 radical (unpaired) electrons. The predicted molar refractivity (Wildman–Crippen MR) is 123 cm³/mol. The van der Waals surface area contributed by atoms with E-state index in [1.165, 1.54) is 6.92 Å². The zero-order valence-electron chi connectivity index (χ0n) is 18.3. The fraction of sp³-hybridized carbons (Fsp3) is 0.318. The Balaban J connectivity index is 0.00000156. The van der Waals surface area contributed by atoms with E-state index < -0.39 is 7.92 Å². The molecule has 3 atom stereocenters. The van der Waals surface area contributed by atoms with Gasteiger partial charge in [0.05, 0.1) is 32.3 Å². The monoisotopic (exact) mass is 557 g/mol. The van der Waals surface area contributed by atoms with Crippen LogP contribution < -0.4 is 14.9 Å². The number of hydrogen-bond donors (Lipinski definition) is 1. The molecule has 31 heavy (non-hydrogen) atoms. The van der Waals surface area contributed by atoms with Gasteiger partial charge in [-0.25, -0.2) is 5.01 Å². The van der Waals surface area contributed by atoms with Crippen molar-refractivity contribution in [1.82, 2.24) is 10.4 Å². The normalized spacial score (nSPS) is 19.6. The first-order valence-electron chi connectivity index (χ1n) is 9.44. The summed E-state index contributed by atoms with van der Waals surface area (Å²) in [6.45, 7) is 7.63. The third-order valence-corrected chi connectivity index (χ3v) is 7.53. The van der Waals surface area contributed by atoms with Gasteiger partial charge in [0.25, 0.3) is 0 Å². The molecule has 0 saturated carbocycles. The Morgan fingerprint density at radius 3 is 2.16 bits per heavy atom. The summed E-state index contributed by atoms with van der Waals surface area (Å²) in [5.41, 5.74) is 5.25. The Bertz CT molecular complexity index is 886. The third-order valence-electron chi connectivity index (χ3n) is 4.75. The zero-order valence-corrected chi connectivity index (χ0v) is 21.6. The number of carbonyl (C=O) groups excluding carboxylic acids is 2. The summed E-state index contributed by atoms with van der Waals surface area (Å²) >= 11 is 2.22. The molecule has 1 fully saturated rings. The number of hydrogen-bond acceptors (Lipinski definition) is 5. The molecule has 1 N–H and O–H groups in total. The second-order valence-corrected chi connectivity index (χ2v) is 9.31. The number of carbonyl (C=O) groups is 2. The van der Waals surface area contributed by atoms with Gasteiger partial charge in [-0.05, 0) is 31.2 Å². The summed E-state index contributed by atoms with van der Waals surface area (Å²) in [5.74, 6) is 0.690. The predicted octanol–water partition coefficient (Wildman–Crippen LogP) is 5.06. The molecule has 0 aromatic heterocycles. The van der Waals surface area contributed by atoms with E-state index in [0.29, 0.717) is 12.4 Å². The molecule has 2 aromatic carbocycles. The van der Waals surface area contributed by atoms with Gasteiger partial charge >= 0.3 is 33.7 Å². The summed E-state index contributed by atoms with van der Waals surface area (Å²) in [5, 5.41) is 1.70. The molecule has 1 aliphatic rings. The standard InChI is InChI=1S/C21H25N2O4P.CH3.ClH.Pd/c1-5-26-18-12-8-7-11-17(18)21-23(14(2)24)22-20(28(21)4)16-10-6-9-13-19(16)27-15(3)25;;;/h6-13,20-22H,5H2,1-4H3;1H3;1H;/q;-1;;+2/t20-,21-,28?;;;/m0.../s1. The number of hydrazine groups is 1. The molecule has 3 rings (SSSR count). The van der Waals surface area contributed by atoms with Crippen LogP contribution >= 0.6 is 17.5 Å². The summed E-state index contributed by atoms with van der Waals surface area (Å²) < 4.78 is 11.2. The van der Waals surface area contributed by atoms with Crippen LogP contribution in [-0.2, 0) is 27.8 Å². The molecular weight excluding hydrogens is 529 g/mol. The fourth-order valence-electron chi connectivity index (χ4n) is 3.61. The van der Waals surface area contributed by atoms with E-state index >= 15 is 0 Å². The molecule has 2 aromatic rings. The number of esters is 1. The van der Waals surface area contributed by atoms with E-state index in [0.717, 1.165) is 16.9 Å². The molecular formula is C22H29ClN2O4PPd+. The van der Waals surface area contributed by atoms with Gasteiger partial charge in [-0.1, -0.05) is 24.3 Å². The zero-order chi connectivity index (χ0) is 22.3. The molecule has 0 bridgehead atoms. The van der Waals surface area contributed by atoms with Gasteiger partial charge in [0.2, 0.25) is 5.91 Å². The van der Waals surface area contributed by atoms with Crippen LogP contribution in [0, 0.1) is 7.43 Å². The molecule has 6 nitrogen and oxygen atoms in total. The van der Waals surface area contributed by atoms with Gasteiger partial charge in [-0.2, -0.15) is 5.43 Å². The van der Waals surface area contributed by atoms with Crippen molar-refractivity contribution in [3.8, 4) is 11.5 Å². The minimum atomic E-state index is -1.21. The Kier molecular flexibility index (Phi) is 11.7. The molecule has 1 heterocycles. The van der Waals surface area contributed by atoms with E-state index in [4.69, 9.17) is 9.47 Å². The van der Waals surface area contributed by atoms with E-state index in [-0.39, 0.29) is 30.9 Å². The van der Waals surface area contributed by atoms with Crippen molar-refractivity contribution in [2.24, 2.45) is 0 Å². The summed E-state index contributed by atoms with van der Waals surface area (Å²) in [6.07, 6.45) is 0. The van der Waals surface area contributed by atoms with Gasteiger partial charge < -0.3 is 16.9 Å². The summed E-state index contributed by atoms with van der Waals surface area (Å²) in [4.78, 5) is 24.0. The van der Waals surface area contributed by atoms with E-state index in [9.17, 15) is 9.59 Å². The molecule has 1 aliphatic heterocycles. The van der Waals surface area contributed by atoms with Crippen LogP contribution in [0.1, 0.15) is 43.5 Å². The number of para-hydroxylation sites is 2. The van der Waals surface area contributed by atoms with Gasteiger partial charge in [0.1, 0.15) is 11.5 Å². The summed E-state index contributed by atoms with van der Waals surface area (Å²) in [7, 11) is 3.28. The molecule has 1 saturated heterocycles. The van der Waals surface area contributed by atoms with Gasteiger partial charge in [-0.3, -0.25) is 9.59 Å². The Hall–Kier alpha value is -1.48. The Labute approximate surface area is 200 Å². The van der Waals surface area contributed by atoms with E-state index in [1.54, 1.807) is 18.0 Å². The molecule has 1 unspecified atom stereocenters. The van der Waals surface area contributed by atoms with Crippen molar-refractivity contribution < 1.29 is 37.2 Å². The van der Waals surface area contributed by atoms with Crippen molar-refractivity contribution >= 4 is 29.3 Å². The minimum absolute atomic E-state index is 0. The Morgan fingerprint density at radius 2 is 1.61 bits per heavy atom. The van der Waals surface area contributed by atoms with E-state index in [2.05, 4.69) is 39.8 Å². The summed E-state index contributed by atoms with van der Waals surface area (Å²) in [6, 6.07) is 15.3. The van der Waals surface area contributed by atoms with Crippen LogP contribution in [-0.4, -0.2) is 30.2 Å². The first kappa shape index (κ1) is 27.6. The number of rotatable bonds is 5. The van der Waals surface area contributed by atoms with Crippen LogP contribution in [0.2, 0.25) is 0 Å². The maximum atomic E-state index is 12.4. The van der Waals surface area contributed by atoms with Crippen molar-refractivity contribution in [2.45, 2.75) is 32.3 Å². The molecule has 1 amide bonds. The van der Waals surface area contributed by atoms with Crippen LogP contribution in [0.5, 0.6) is 11.5 Å². The van der Waals surface area contributed by atoms with Crippen molar-refractivity contribution in [2.75, 3.05) is 13.3 Å². The van der Waals surface area contributed by atoms with Crippen molar-refractivity contribution in [1.29, 1.82) is 0 Å². The van der Waals surface area contributed by atoms with Crippen LogP contribution in [0.4, 0.5) is 0 Å². The SMILES string of the molecule is CCOc1ccccc1[C@H]1N(C(C)=O)N[C@H](c2ccccc2OC(C)=O)[PH+]1C.[CH3-].[Cl][Pd+]. The van der Waals surface area contributed by atoms with Gasteiger partial charge in [0, 0.05) is 13.8 Å². The van der Waals surface area contributed by atoms with Gasteiger partial charge in [-0.15, -0.1) is 0 Å². The quantitative estimate of drug-likeness (QED) is 0.183. The number of nitrogens with zero attached hydrogens (tertiary/aromatic N) is 1. The van der Waals surface area contributed by atoms with Crippen LogP contribution in [0.25, 0.3) is 0 Å². The molecule has 172 valence electrons. The van der Waals surface area contributed by atoms with Crippen LogP contribution in [0.3, 0.4) is 0 Å². The average Bonchev–Trinajstić information content (AvgIpc) is 3.07. The first-order valence-corrected chi connectivity index (χ1v) is 13.6. The molecule has 0 spiro atoms. The molecule has 0 aliphatic carbocycles. The number of halogens is 1. The topological polar surface area (TPSA) is 67.9 Å². The third kappa shape index (κ3) is 6.51. The number of amides is 1. The second-order valence-electron chi connectivity index (χ2n) is 6.70. The van der Waals surface area contributed by atoms with E-state index in [1.807, 2.05) is 49.4 Å². The number of benzene rings is 2. The van der Waals surface area contributed by atoms with Crippen LogP contribution in [0.15, 0.2) is 48.5 Å². The fourth-order valence-corrected chi connectivity index (χ4v) is 6.39. The van der Waals surface area contributed by atoms with Crippen molar-refractivity contribution in [3.05, 3.63) is 67.1 Å². The maximum absolute atomic E-state index is 12.4. The first-order chi connectivity index (χ1) is 14.4. The Morgan fingerprint density at radius 1 is 1.06 bits per heavy atom.